The molecule has 0 unspecified atom stereocenters. The predicted octanol–water partition coefficient (Wildman–Crippen LogP) is 3.47. The predicted molar refractivity (Wildman–Crippen MR) is 102 cm³/mol. The fraction of sp³-hybridized carbons (Fsp3) is 0.350. The molecular formula is C20H23ClN2O2. The summed E-state index contributed by atoms with van der Waals surface area (Å²) in [6.07, 6.45) is 0.473. The number of halogens is 1. The highest BCUT2D eigenvalue weighted by atomic mass is 35.5. The molecule has 1 heterocycles. The molecule has 0 aliphatic carbocycles. The molecule has 1 fully saturated rings. The molecule has 1 atom stereocenters. The lowest BCUT2D eigenvalue weighted by atomic mass is 10.0. The van der Waals surface area contributed by atoms with Crippen molar-refractivity contribution in [2.24, 2.45) is 0 Å². The number of carbonyl (C=O) groups is 1. The van der Waals surface area contributed by atoms with Crippen LogP contribution in [0.4, 0.5) is 5.69 Å². The minimum absolute atomic E-state index is 0.473. The first kappa shape index (κ1) is 17.8. The van der Waals surface area contributed by atoms with Crippen molar-refractivity contribution in [2.75, 3.05) is 31.1 Å². The third-order valence-electron chi connectivity index (χ3n) is 4.83. The first-order valence-electron chi connectivity index (χ1n) is 8.56. The van der Waals surface area contributed by atoms with Crippen molar-refractivity contribution < 1.29 is 9.90 Å². The summed E-state index contributed by atoms with van der Waals surface area (Å²) in [5, 5.41) is 10.4. The minimum Gasteiger partial charge on any atom is -0.480 e. The number of carboxylic acids is 1. The second kappa shape index (κ2) is 7.89. The summed E-state index contributed by atoms with van der Waals surface area (Å²) in [4.78, 5) is 16.2. The molecule has 5 heteroatoms. The first-order valence-corrected chi connectivity index (χ1v) is 8.94. The van der Waals surface area contributed by atoms with E-state index in [0.29, 0.717) is 11.4 Å². The lowest BCUT2D eigenvalue weighted by Crippen LogP contribution is -2.53. The van der Waals surface area contributed by atoms with E-state index in [1.54, 1.807) is 0 Å². The Morgan fingerprint density at radius 1 is 1.12 bits per heavy atom. The van der Waals surface area contributed by atoms with Crippen LogP contribution in [0.2, 0.25) is 5.02 Å². The van der Waals surface area contributed by atoms with Crippen molar-refractivity contribution in [3.8, 4) is 0 Å². The number of hydrogen-bond donors (Lipinski definition) is 1. The zero-order valence-electron chi connectivity index (χ0n) is 14.4. The molecule has 2 aromatic carbocycles. The van der Waals surface area contributed by atoms with Crippen molar-refractivity contribution >= 4 is 23.3 Å². The van der Waals surface area contributed by atoms with Crippen molar-refractivity contribution in [3.05, 3.63) is 64.7 Å². The summed E-state index contributed by atoms with van der Waals surface area (Å²) < 4.78 is 0. The van der Waals surface area contributed by atoms with Crippen LogP contribution in [0.15, 0.2) is 48.5 Å². The third kappa shape index (κ3) is 4.33. The van der Waals surface area contributed by atoms with E-state index in [1.807, 2.05) is 43.3 Å². The van der Waals surface area contributed by atoms with Gasteiger partial charge in [-0.2, -0.15) is 0 Å². The number of piperazine rings is 1. The number of hydrogen-bond acceptors (Lipinski definition) is 3. The van der Waals surface area contributed by atoms with Crippen molar-refractivity contribution in [1.82, 2.24) is 4.90 Å². The quantitative estimate of drug-likeness (QED) is 0.888. The van der Waals surface area contributed by atoms with Gasteiger partial charge in [0.2, 0.25) is 0 Å². The zero-order chi connectivity index (χ0) is 17.8. The SMILES string of the molecule is Cc1ccc(C[C@H](C(=O)O)N2CCN(c3ccccc3)CC2)cc1Cl. The molecule has 0 spiro atoms. The van der Waals surface area contributed by atoms with Gasteiger partial charge in [0.05, 0.1) is 0 Å². The van der Waals surface area contributed by atoms with Gasteiger partial charge in [0.15, 0.2) is 0 Å². The molecular weight excluding hydrogens is 336 g/mol. The molecule has 0 aromatic heterocycles. The fourth-order valence-electron chi connectivity index (χ4n) is 3.29. The van der Waals surface area contributed by atoms with Gasteiger partial charge in [0, 0.05) is 36.9 Å². The van der Waals surface area contributed by atoms with Crippen molar-refractivity contribution in [1.29, 1.82) is 0 Å². The number of aliphatic carboxylic acids is 1. The van der Waals surface area contributed by atoms with Gasteiger partial charge < -0.3 is 10.0 Å². The van der Waals surface area contributed by atoms with Gasteiger partial charge in [-0.1, -0.05) is 41.9 Å². The highest BCUT2D eigenvalue weighted by molar-refractivity contribution is 6.31. The molecule has 0 saturated carbocycles. The summed E-state index contributed by atoms with van der Waals surface area (Å²) in [5.41, 5.74) is 3.17. The maximum atomic E-state index is 11.8. The van der Waals surface area contributed by atoms with Crippen LogP contribution < -0.4 is 4.90 Å². The average molecular weight is 359 g/mol. The van der Waals surface area contributed by atoms with Crippen molar-refractivity contribution in [2.45, 2.75) is 19.4 Å². The van der Waals surface area contributed by atoms with Crippen LogP contribution in [-0.4, -0.2) is 48.2 Å². The van der Waals surface area contributed by atoms with E-state index in [1.165, 1.54) is 5.69 Å². The second-order valence-electron chi connectivity index (χ2n) is 6.50. The van der Waals surface area contributed by atoms with Crippen molar-refractivity contribution in [3.63, 3.8) is 0 Å². The Kier molecular flexibility index (Phi) is 5.61. The Morgan fingerprint density at radius 3 is 2.40 bits per heavy atom. The van der Waals surface area contributed by atoms with Crippen LogP contribution >= 0.6 is 11.6 Å². The Balaban J connectivity index is 1.66. The van der Waals surface area contributed by atoms with Crippen LogP contribution in [0.3, 0.4) is 0 Å². The van der Waals surface area contributed by atoms with Crippen LogP contribution in [-0.2, 0) is 11.2 Å². The van der Waals surface area contributed by atoms with E-state index < -0.39 is 12.0 Å². The molecule has 3 rings (SSSR count). The summed E-state index contributed by atoms with van der Waals surface area (Å²) in [7, 11) is 0. The number of nitrogens with zero attached hydrogens (tertiary/aromatic N) is 2. The van der Waals surface area contributed by atoms with Gasteiger partial charge >= 0.3 is 5.97 Å². The van der Waals surface area contributed by atoms with E-state index in [4.69, 9.17) is 11.6 Å². The van der Waals surface area contributed by atoms with Gasteiger partial charge in [-0.3, -0.25) is 9.69 Å². The molecule has 132 valence electrons. The van der Waals surface area contributed by atoms with Crippen LogP contribution in [0.5, 0.6) is 0 Å². The summed E-state index contributed by atoms with van der Waals surface area (Å²) >= 11 is 6.18. The number of rotatable bonds is 5. The Labute approximate surface area is 153 Å². The minimum atomic E-state index is -0.773. The highest BCUT2D eigenvalue weighted by Crippen LogP contribution is 2.21. The van der Waals surface area contributed by atoms with E-state index in [2.05, 4.69) is 21.9 Å². The van der Waals surface area contributed by atoms with Gasteiger partial charge in [-0.15, -0.1) is 0 Å². The molecule has 0 radical (unpaired) electrons. The number of benzene rings is 2. The fourth-order valence-corrected chi connectivity index (χ4v) is 3.49. The summed E-state index contributed by atoms with van der Waals surface area (Å²) in [6.45, 7) is 5.10. The molecule has 2 aromatic rings. The Hall–Kier alpha value is -2.04. The maximum Gasteiger partial charge on any atom is 0.321 e. The van der Waals surface area contributed by atoms with E-state index in [0.717, 1.165) is 37.3 Å². The van der Waals surface area contributed by atoms with Gasteiger partial charge in [0.25, 0.3) is 0 Å². The largest absolute Gasteiger partial charge is 0.480 e. The third-order valence-corrected chi connectivity index (χ3v) is 5.23. The lowest BCUT2D eigenvalue weighted by Gasteiger charge is -2.38. The first-order chi connectivity index (χ1) is 12.0. The normalized spacial score (nSPS) is 16.6. The van der Waals surface area contributed by atoms with E-state index >= 15 is 0 Å². The highest BCUT2D eigenvalue weighted by Gasteiger charge is 2.29. The van der Waals surface area contributed by atoms with Crippen LogP contribution in [0.25, 0.3) is 0 Å². The topological polar surface area (TPSA) is 43.8 Å². The number of anilines is 1. The van der Waals surface area contributed by atoms with E-state index in [-0.39, 0.29) is 0 Å². The van der Waals surface area contributed by atoms with Gasteiger partial charge in [0.1, 0.15) is 6.04 Å². The van der Waals surface area contributed by atoms with E-state index in [9.17, 15) is 9.90 Å². The zero-order valence-corrected chi connectivity index (χ0v) is 15.1. The molecule has 1 aliphatic heterocycles. The molecule has 0 amide bonds. The lowest BCUT2D eigenvalue weighted by molar-refractivity contribution is -0.143. The van der Waals surface area contributed by atoms with Gasteiger partial charge in [-0.25, -0.2) is 0 Å². The maximum absolute atomic E-state index is 11.8. The Morgan fingerprint density at radius 2 is 1.80 bits per heavy atom. The molecule has 0 bridgehead atoms. The number of aryl methyl sites for hydroxylation is 1. The molecule has 1 saturated heterocycles. The molecule has 1 aliphatic rings. The monoisotopic (exact) mass is 358 g/mol. The molecule has 25 heavy (non-hydrogen) atoms. The summed E-state index contributed by atoms with van der Waals surface area (Å²) in [5.74, 6) is -0.773. The van der Waals surface area contributed by atoms with Crippen LogP contribution in [0, 0.1) is 6.92 Å². The average Bonchev–Trinajstić information content (AvgIpc) is 2.63. The van der Waals surface area contributed by atoms with Crippen LogP contribution in [0.1, 0.15) is 11.1 Å². The smallest absolute Gasteiger partial charge is 0.321 e. The summed E-state index contributed by atoms with van der Waals surface area (Å²) in [6, 6.07) is 15.5. The number of para-hydroxylation sites is 1. The van der Waals surface area contributed by atoms with Gasteiger partial charge in [-0.05, 0) is 42.7 Å². The molecule has 1 N–H and O–H groups in total. The number of carboxylic acid groups (broad SMARTS) is 1. The Bertz CT molecular complexity index is 728. The molecule has 4 nitrogen and oxygen atoms in total. The second-order valence-corrected chi connectivity index (χ2v) is 6.91. The standard InChI is InChI=1S/C20H23ClN2O2/c1-15-7-8-16(13-18(15)21)14-19(20(24)25)23-11-9-22(10-12-23)17-5-3-2-4-6-17/h2-8,13,19H,9-12,14H2,1H3,(H,24,25)/t19-/m1/s1.